The fourth-order valence-corrected chi connectivity index (χ4v) is 2.35. The molecule has 1 rings (SSSR count). The highest BCUT2D eigenvalue weighted by Crippen LogP contribution is 2.34. The summed E-state index contributed by atoms with van der Waals surface area (Å²) in [5, 5.41) is 0. The van der Waals surface area contributed by atoms with Gasteiger partial charge in [-0.25, -0.2) is 0 Å². The predicted molar refractivity (Wildman–Crippen MR) is 58.5 cm³/mol. The lowest BCUT2D eigenvalue weighted by molar-refractivity contribution is 0.448. The number of rotatable bonds is 3. The van der Waals surface area contributed by atoms with Crippen LogP contribution in [0.25, 0.3) is 0 Å². The van der Waals surface area contributed by atoms with Gasteiger partial charge in [-0.3, -0.25) is 0 Å². The smallest absolute Gasteiger partial charge is 0.0254 e. The van der Waals surface area contributed by atoms with Gasteiger partial charge in [0.1, 0.15) is 0 Å². The van der Waals surface area contributed by atoms with E-state index in [2.05, 4.69) is 26.8 Å². The third-order valence-corrected chi connectivity index (χ3v) is 3.23. The maximum Gasteiger partial charge on any atom is 0.0254 e. The van der Waals surface area contributed by atoms with Gasteiger partial charge in [-0.05, 0) is 38.5 Å². The van der Waals surface area contributed by atoms with Gasteiger partial charge in [-0.2, -0.15) is 0 Å². The van der Waals surface area contributed by atoms with Crippen LogP contribution in [-0.2, 0) is 0 Å². The fourth-order valence-electron chi connectivity index (χ4n) is 2.35. The lowest BCUT2D eigenvalue weighted by atomic mass is 9.95. The third kappa shape index (κ3) is 3.15. The molecule has 0 aromatic rings. The van der Waals surface area contributed by atoms with Crippen LogP contribution in [-0.4, -0.2) is 6.04 Å². The van der Waals surface area contributed by atoms with Crippen molar-refractivity contribution in [1.29, 1.82) is 0 Å². The summed E-state index contributed by atoms with van der Waals surface area (Å²) >= 11 is 0. The molecule has 0 bridgehead atoms. The first-order valence-corrected chi connectivity index (χ1v) is 5.54. The largest absolute Gasteiger partial charge is 0.324 e. The van der Waals surface area contributed by atoms with Crippen LogP contribution in [0.4, 0.5) is 0 Å². The van der Waals surface area contributed by atoms with Crippen molar-refractivity contribution in [2.45, 2.75) is 52.5 Å². The Balaban J connectivity index is 2.41. The molecule has 0 heterocycles. The van der Waals surface area contributed by atoms with Crippen LogP contribution in [0, 0.1) is 11.8 Å². The molecule has 2 N–H and O–H groups in total. The predicted octanol–water partition coefficient (Wildman–Crippen LogP) is 3.11. The molecular formula is C12H23N. The summed E-state index contributed by atoms with van der Waals surface area (Å²) in [5.41, 5.74) is 7.47. The molecule has 1 aliphatic rings. The molecule has 1 fully saturated rings. The van der Waals surface area contributed by atoms with Crippen molar-refractivity contribution < 1.29 is 0 Å². The SMILES string of the molecule is CCC1CCC(C(N)C=C(C)C)C1. The summed E-state index contributed by atoms with van der Waals surface area (Å²) in [4.78, 5) is 0. The molecule has 1 heteroatoms. The minimum Gasteiger partial charge on any atom is -0.324 e. The highest BCUT2D eigenvalue weighted by Gasteiger charge is 2.26. The minimum absolute atomic E-state index is 0.307. The topological polar surface area (TPSA) is 26.0 Å². The Bertz CT molecular complexity index is 180. The van der Waals surface area contributed by atoms with Crippen LogP contribution in [0.15, 0.2) is 11.6 Å². The summed E-state index contributed by atoms with van der Waals surface area (Å²) in [6.07, 6.45) is 7.64. The number of hydrogen-bond acceptors (Lipinski definition) is 1. The Morgan fingerprint density at radius 1 is 1.46 bits per heavy atom. The lowest BCUT2D eigenvalue weighted by Crippen LogP contribution is -2.26. The van der Waals surface area contributed by atoms with Gasteiger partial charge in [-0.1, -0.05) is 31.4 Å². The van der Waals surface area contributed by atoms with E-state index in [1.807, 2.05) is 0 Å². The number of nitrogens with two attached hydrogens (primary N) is 1. The summed E-state index contributed by atoms with van der Waals surface area (Å²) in [6, 6.07) is 0.307. The van der Waals surface area contributed by atoms with E-state index in [1.165, 1.54) is 31.3 Å². The van der Waals surface area contributed by atoms with Crippen LogP contribution in [0.5, 0.6) is 0 Å². The van der Waals surface area contributed by atoms with Crippen LogP contribution in [0.1, 0.15) is 46.5 Å². The van der Waals surface area contributed by atoms with Crippen molar-refractivity contribution in [2.75, 3.05) is 0 Å². The van der Waals surface area contributed by atoms with Gasteiger partial charge >= 0.3 is 0 Å². The summed E-state index contributed by atoms with van der Waals surface area (Å²) in [6.45, 7) is 6.55. The van der Waals surface area contributed by atoms with Crippen molar-refractivity contribution in [1.82, 2.24) is 0 Å². The molecule has 0 aromatic carbocycles. The summed E-state index contributed by atoms with van der Waals surface area (Å²) in [7, 11) is 0. The molecule has 0 aromatic heterocycles. The quantitative estimate of drug-likeness (QED) is 0.665. The van der Waals surface area contributed by atoms with Crippen molar-refractivity contribution in [3.8, 4) is 0 Å². The average Bonchev–Trinajstić information content (AvgIpc) is 2.50. The zero-order valence-electron chi connectivity index (χ0n) is 9.22. The molecule has 0 radical (unpaired) electrons. The van der Waals surface area contributed by atoms with E-state index in [1.54, 1.807) is 0 Å². The molecular weight excluding hydrogens is 158 g/mol. The van der Waals surface area contributed by atoms with Gasteiger partial charge < -0.3 is 5.73 Å². The van der Waals surface area contributed by atoms with Crippen molar-refractivity contribution in [2.24, 2.45) is 17.6 Å². The van der Waals surface area contributed by atoms with Gasteiger partial charge in [0.05, 0.1) is 0 Å². The molecule has 3 unspecified atom stereocenters. The first kappa shape index (κ1) is 10.8. The van der Waals surface area contributed by atoms with Crippen molar-refractivity contribution >= 4 is 0 Å². The molecule has 1 saturated carbocycles. The van der Waals surface area contributed by atoms with Crippen LogP contribution in [0.3, 0.4) is 0 Å². The van der Waals surface area contributed by atoms with Crippen LogP contribution < -0.4 is 5.73 Å². The molecule has 0 saturated heterocycles. The molecule has 0 spiro atoms. The normalized spacial score (nSPS) is 30.2. The van der Waals surface area contributed by atoms with E-state index in [-0.39, 0.29) is 0 Å². The van der Waals surface area contributed by atoms with E-state index in [9.17, 15) is 0 Å². The highest BCUT2D eigenvalue weighted by atomic mass is 14.6. The first-order valence-electron chi connectivity index (χ1n) is 5.54. The Morgan fingerprint density at radius 3 is 2.62 bits per heavy atom. The lowest BCUT2D eigenvalue weighted by Gasteiger charge is -2.16. The van der Waals surface area contributed by atoms with E-state index in [4.69, 9.17) is 5.73 Å². The van der Waals surface area contributed by atoms with E-state index < -0.39 is 0 Å². The van der Waals surface area contributed by atoms with Gasteiger partial charge in [0.15, 0.2) is 0 Å². The molecule has 76 valence electrons. The minimum atomic E-state index is 0.307. The van der Waals surface area contributed by atoms with Crippen LogP contribution >= 0.6 is 0 Å². The van der Waals surface area contributed by atoms with Crippen molar-refractivity contribution in [3.63, 3.8) is 0 Å². The second kappa shape index (κ2) is 4.80. The second-order valence-corrected chi connectivity index (χ2v) is 4.67. The molecule has 1 aliphatic carbocycles. The number of hydrogen-bond donors (Lipinski definition) is 1. The summed E-state index contributed by atoms with van der Waals surface area (Å²) < 4.78 is 0. The Morgan fingerprint density at radius 2 is 2.15 bits per heavy atom. The maximum absolute atomic E-state index is 6.12. The van der Waals surface area contributed by atoms with Gasteiger partial charge in [0.2, 0.25) is 0 Å². The van der Waals surface area contributed by atoms with E-state index in [0.717, 1.165) is 11.8 Å². The third-order valence-electron chi connectivity index (χ3n) is 3.23. The molecule has 1 nitrogen and oxygen atoms in total. The molecule has 0 aliphatic heterocycles. The summed E-state index contributed by atoms with van der Waals surface area (Å²) in [5.74, 6) is 1.70. The van der Waals surface area contributed by atoms with Gasteiger partial charge in [0, 0.05) is 6.04 Å². The molecule has 0 amide bonds. The van der Waals surface area contributed by atoms with Gasteiger partial charge in [0.25, 0.3) is 0 Å². The standard InChI is InChI=1S/C12H23N/c1-4-10-5-6-11(8-10)12(13)7-9(2)3/h7,10-12H,4-6,8,13H2,1-3H3. The highest BCUT2D eigenvalue weighted by molar-refractivity contribution is 5.03. The van der Waals surface area contributed by atoms with Crippen molar-refractivity contribution in [3.05, 3.63) is 11.6 Å². The maximum atomic E-state index is 6.12. The average molecular weight is 181 g/mol. The zero-order chi connectivity index (χ0) is 9.84. The number of allylic oxidation sites excluding steroid dienone is 1. The monoisotopic (exact) mass is 181 g/mol. The Kier molecular flexibility index (Phi) is 3.98. The van der Waals surface area contributed by atoms with Crippen LogP contribution in [0.2, 0.25) is 0 Å². The van der Waals surface area contributed by atoms with Gasteiger partial charge in [-0.15, -0.1) is 0 Å². The first-order chi connectivity index (χ1) is 6.13. The molecule has 3 atom stereocenters. The van der Waals surface area contributed by atoms with E-state index >= 15 is 0 Å². The molecule has 13 heavy (non-hydrogen) atoms. The fraction of sp³-hybridized carbons (Fsp3) is 0.833. The Hall–Kier alpha value is -0.300. The zero-order valence-corrected chi connectivity index (χ0v) is 9.22. The second-order valence-electron chi connectivity index (χ2n) is 4.67. The Labute approximate surface area is 82.4 Å². The van der Waals surface area contributed by atoms with E-state index in [0.29, 0.717) is 6.04 Å².